The molecule has 0 aliphatic heterocycles. The SMILES string of the molecule is C=C(C)C(=O)NCCCNS(=O)(=O)c1ccccc1. The first kappa shape index (κ1) is 15.4. The number of benzene rings is 1. The van der Waals surface area contributed by atoms with Crippen LogP contribution >= 0.6 is 0 Å². The molecular weight excluding hydrogens is 264 g/mol. The molecule has 0 atom stereocenters. The fourth-order valence-corrected chi connectivity index (χ4v) is 2.43. The normalized spacial score (nSPS) is 11.0. The summed E-state index contributed by atoms with van der Waals surface area (Å²) < 4.78 is 26.1. The zero-order chi connectivity index (χ0) is 14.3. The Kier molecular flexibility index (Phi) is 5.72. The maximum atomic E-state index is 11.8. The van der Waals surface area contributed by atoms with Gasteiger partial charge >= 0.3 is 0 Å². The van der Waals surface area contributed by atoms with Crippen LogP contribution in [0.15, 0.2) is 47.4 Å². The zero-order valence-corrected chi connectivity index (χ0v) is 11.7. The lowest BCUT2D eigenvalue weighted by Crippen LogP contribution is -2.30. The molecule has 0 saturated heterocycles. The van der Waals surface area contributed by atoms with Crippen molar-refractivity contribution in [1.82, 2.24) is 10.0 Å². The number of carbonyl (C=O) groups excluding carboxylic acids is 1. The Morgan fingerprint density at radius 1 is 1.21 bits per heavy atom. The Morgan fingerprint density at radius 3 is 2.42 bits per heavy atom. The van der Waals surface area contributed by atoms with Gasteiger partial charge in [0.2, 0.25) is 15.9 Å². The number of sulfonamides is 1. The third kappa shape index (κ3) is 5.23. The first-order chi connectivity index (χ1) is 8.93. The third-order valence-electron chi connectivity index (χ3n) is 2.37. The van der Waals surface area contributed by atoms with Gasteiger partial charge in [0.25, 0.3) is 0 Å². The number of rotatable bonds is 7. The van der Waals surface area contributed by atoms with Gasteiger partial charge in [-0.25, -0.2) is 13.1 Å². The highest BCUT2D eigenvalue weighted by atomic mass is 32.2. The van der Waals surface area contributed by atoms with Gasteiger partial charge in [-0.15, -0.1) is 0 Å². The molecule has 0 aliphatic rings. The average Bonchev–Trinajstić information content (AvgIpc) is 2.39. The van der Waals surface area contributed by atoms with Crippen LogP contribution in [0, 0.1) is 0 Å². The summed E-state index contributed by atoms with van der Waals surface area (Å²) in [7, 11) is -3.46. The fourth-order valence-electron chi connectivity index (χ4n) is 1.33. The van der Waals surface area contributed by atoms with Gasteiger partial charge < -0.3 is 5.32 Å². The van der Waals surface area contributed by atoms with E-state index in [1.807, 2.05) is 0 Å². The molecule has 104 valence electrons. The van der Waals surface area contributed by atoms with Gasteiger partial charge in [0.05, 0.1) is 4.90 Å². The van der Waals surface area contributed by atoms with E-state index in [-0.39, 0.29) is 17.3 Å². The minimum atomic E-state index is -3.46. The molecule has 1 amide bonds. The summed E-state index contributed by atoms with van der Waals surface area (Å²) in [5.74, 6) is -0.217. The van der Waals surface area contributed by atoms with Gasteiger partial charge in [-0.05, 0) is 25.5 Å². The van der Waals surface area contributed by atoms with Crippen LogP contribution in [0.5, 0.6) is 0 Å². The van der Waals surface area contributed by atoms with Crippen molar-refractivity contribution in [3.63, 3.8) is 0 Å². The third-order valence-corrected chi connectivity index (χ3v) is 3.85. The smallest absolute Gasteiger partial charge is 0.246 e. The Bertz CT molecular complexity index is 538. The molecule has 6 heteroatoms. The highest BCUT2D eigenvalue weighted by Crippen LogP contribution is 2.06. The van der Waals surface area contributed by atoms with Gasteiger partial charge in [-0.3, -0.25) is 4.79 Å². The van der Waals surface area contributed by atoms with E-state index in [2.05, 4.69) is 16.6 Å². The van der Waals surface area contributed by atoms with Crippen LogP contribution in [0.4, 0.5) is 0 Å². The summed E-state index contributed by atoms with van der Waals surface area (Å²) in [4.78, 5) is 11.4. The summed E-state index contributed by atoms with van der Waals surface area (Å²) in [6.45, 7) is 5.81. The van der Waals surface area contributed by atoms with Crippen molar-refractivity contribution in [3.05, 3.63) is 42.5 Å². The largest absolute Gasteiger partial charge is 0.352 e. The maximum absolute atomic E-state index is 11.8. The van der Waals surface area contributed by atoms with Crippen molar-refractivity contribution >= 4 is 15.9 Å². The van der Waals surface area contributed by atoms with E-state index >= 15 is 0 Å². The van der Waals surface area contributed by atoms with Gasteiger partial charge in [0, 0.05) is 18.7 Å². The lowest BCUT2D eigenvalue weighted by Gasteiger charge is -2.07. The predicted molar refractivity (Wildman–Crippen MR) is 74.1 cm³/mol. The number of nitrogens with one attached hydrogen (secondary N) is 2. The van der Waals surface area contributed by atoms with Crippen molar-refractivity contribution in [2.75, 3.05) is 13.1 Å². The van der Waals surface area contributed by atoms with Crippen LogP contribution in [0.25, 0.3) is 0 Å². The molecule has 2 N–H and O–H groups in total. The molecule has 1 aromatic carbocycles. The average molecular weight is 282 g/mol. The molecule has 0 unspecified atom stereocenters. The predicted octanol–water partition coefficient (Wildman–Crippen LogP) is 1.05. The Hall–Kier alpha value is -1.66. The second kappa shape index (κ2) is 7.06. The number of hydrogen-bond acceptors (Lipinski definition) is 3. The number of hydrogen-bond donors (Lipinski definition) is 2. The monoisotopic (exact) mass is 282 g/mol. The number of amides is 1. The van der Waals surface area contributed by atoms with Crippen molar-refractivity contribution < 1.29 is 13.2 Å². The molecule has 0 aliphatic carbocycles. The first-order valence-electron chi connectivity index (χ1n) is 5.92. The lowest BCUT2D eigenvalue weighted by molar-refractivity contribution is -0.117. The first-order valence-corrected chi connectivity index (χ1v) is 7.40. The minimum Gasteiger partial charge on any atom is -0.352 e. The minimum absolute atomic E-state index is 0.217. The maximum Gasteiger partial charge on any atom is 0.246 e. The van der Waals surface area contributed by atoms with E-state index in [1.165, 1.54) is 12.1 Å². The zero-order valence-electron chi connectivity index (χ0n) is 10.8. The van der Waals surface area contributed by atoms with E-state index in [9.17, 15) is 13.2 Å². The highest BCUT2D eigenvalue weighted by molar-refractivity contribution is 7.89. The summed E-state index contributed by atoms with van der Waals surface area (Å²) in [5.41, 5.74) is 0.435. The van der Waals surface area contributed by atoms with E-state index in [0.29, 0.717) is 18.5 Å². The summed E-state index contributed by atoms with van der Waals surface area (Å²) >= 11 is 0. The molecule has 19 heavy (non-hydrogen) atoms. The van der Waals surface area contributed by atoms with Crippen LogP contribution in [-0.2, 0) is 14.8 Å². The van der Waals surface area contributed by atoms with Crippen molar-refractivity contribution in [3.8, 4) is 0 Å². The second-order valence-corrected chi connectivity index (χ2v) is 5.87. The van der Waals surface area contributed by atoms with Crippen molar-refractivity contribution in [2.24, 2.45) is 0 Å². The van der Waals surface area contributed by atoms with Crippen LogP contribution in [0.2, 0.25) is 0 Å². The van der Waals surface area contributed by atoms with Gasteiger partial charge in [0.15, 0.2) is 0 Å². The number of carbonyl (C=O) groups is 1. The van der Waals surface area contributed by atoms with E-state index < -0.39 is 10.0 Å². The van der Waals surface area contributed by atoms with Crippen molar-refractivity contribution in [1.29, 1.82) is 0 Å². The molecule has 0 fully saturated rings. The van der Waals surface area contributed by atoms with E-state index in [4.69, 9.17) is 0 Å². The van der Waals surface area contributed by atoms with Crippen molar-refractivity contribution in [2.45, 2.75) is 18.2 Å². The molecule has 0 bridgehead atoms. The van der Waals surface area contributed by atoms with Crippen LogP contribution in [0.3, 0.4) is 0 Å². The Balaban J connectivity index is 2.34. The highest BCUT2D eigenvalue weighted by Gasteiger charge is 2.11. The van der Waals surface area contributed by atoms with E-state index in [1.54, 1.807) is 25.1 Å². The van der Waals surface area contributed by atoms with Crippen LogP contribution in [0.1, 0.15) is 13.3 Å². The second-order valence-electron chi connectivity index (χ2n) is 4.10. The van der Waals surface area contributed by atoms with Gasteiger partial charge in [0.1, 0.15) is 0 Å². The Labute approximate surface area is 113 Å². The molecule has 1 aromatic rings. The summed E-state index contributed by atoms with van der Waals surface area (Å²) in [6.07, 6.45) is 0.519. The topological polar surface area (TPSA) is 75.3 Å². The molecular formula is C13H18N2O3S. The van der Waals surface area contributed by atoms with E-state index in [0.717, 1.165) is 0 Å². The summed E-state index contributed by atoms with van der Waals surface area (Å²) in [5, 5.41) is 2.63. The summed E-state index contributed by atoms with van der Waals surface area (Å²) in [6, 6.07) is 8.16. The standard InChI is InChI=1S/C13H18N2O3S/c1-11(2)13(16)14-9-6-10-15-19(17,18)12-7-4-3-5-8-12/h3-5,7-8,15H,1,6,9-10H2,2H3,(H,14,16). The molecule has 0 aromatic heterocycles. The van der Waals surface area contributed by atoms with Crippen LogP contribution in [-0.4, -0.2) is 27.4 Å². The molecule has 1 rings (SSSR count). The lowest BCUT2D eigenvalue weighted by atomic mass is 10.3. The Morgan fingerprint density at radius 2 is 1.84 bits per heavy atom. The van der Waals surface area contributed by atoms with Gasteiger partial charge in [-0.2, -0.15) is 0 Å². The molecule has 5 nitrogen and oxygen atoms in total. The molecule has 0 heterocycles. The molecule has 0 saturated carbocycles. The fraction of sp³-hybridized carbons (Fsp3) is 0.308. The molecule has 0 radical (unpaired) electrons. The quantitative estimate of drug-likeness (QED) is 0.580. The van der Waals surface area contributed by atoms with Gasteiger partial charge in [-0.1, -0.05) is 24.8 Å². The van der Waals surface area contributed by atoms with Crippen LogP contribution < -0.4 is 10.0 Å². The molecule has 0 spiro atoms.